The zero-order valence-electron chi connectivity index (χ0n) is 12.0. The summed E-state index contributed by atoms with van der Waals surface area (Å²) < 4.78 is 0. The van der Waals surface area contributed by atoms with Crippen LogP contribution in [0.5, 0.6) is 0 Å². The third-order valence-electron chi connectivity index (χ3n) is 3.48. The van der Waals surface area contributed by atoms with Gasteiger partial charge in [0.15, 0.2) is 0 Å². The molecule has 1 amide bonds. The highest BCUT2D eigenvalue weighted by atomic mass is 16.1. The number of aromatic nitrogens is 2. The molecule has 5 nitrogen and oxygen atoms in total. The minimum atomic E-state index is -0.211. The summed E-state index contributed by atoms with van der Waals surface area (Å²) >= 11 is 0. The fourth-order valence-electron chi connectivity index (χ4n) is 2.13. The van der Waals surface area contributed by atoms with Crippen LogP contribution in [0.4, 0.5) is 11.5 Å². The molecule has 1 aromatic carbocycles. The Bertz CT molecular complexity index is 652. The summed E-state index contributed by atoms with van der Waals surface area (Å²) in [6.45, 7) is 2.06. The van der Waals surface area contributed by atoms with Gasteiger partial charge in [-0.3, -0.25) is 4.79 Å². The van der Waals surface area contributed by atoms with Crippen molar-refractivity contribution in [1.82, 2.24) is 9.97 Å². The van der Waals surface area contributed by atoms with Crippen LogP contribution in [0.3, 0.4) is 0 Å². The second-order valence-corrected chi connectivity index (χ2v) is 5.17. The number of amides is 1. The molecule has 0 bridgehead atoms. The van der Waals surface area contributed by atoms with Crippen molar-refractivity contribution in [1.29, 1.82) is 0 Å². The first-order valence-corrected chi connectivity index (χ1v) is 7.24. The normalized spacial score (nSPS) is 13.8. The lowest BCUT2D eigenvalue weighted by atomic mass is 10.1. The molecule has 108 valence electrons. The van der Waals surface area contributed by atoms with Crippen LogP contribution in [0.2, 0.25) is 0 Å². The van der Waals surface area contributed by atoms with Crippen LogP contribution >= 0.6 is 0 Å². The highest BCUT2D eigenvalue weighted by Gasteiger charge is 2.21. The SMILES string of the molecule is CCc1ccccc1NC(=O)c1cc(NC2CC2)ncn1. The molecule has 0 unspecified atom stereocenters. The number of carbonyl (C=O) groups is 1. The van der Waals surface area contributed by atoms with Crippen LogP contribution in [0.25, 0.3) is 0 Å². The molecule has 0 atom stereocenters. The quantitative estimate of drug-likeness (QED) is 0.885. The van der Waals surface area contributed by atoms with Gasteiger partial charge in [0.1, 0.15) is 17.8 Å². The predicted octanol–water partition coefficient (Wildman–Crippen LogP) is 2.87. The summed E-state index contributed by atoms with van der Waals surface area (Å²) in [4.78, 5) is 20.5. The van der Waals surface area contributed by atoms with Gasteiger partial charge in [-0.2, -0.15) is 0 Å². The number of hydrogen-bond acceptors (Lipinski definition) is 4. The predicted molar refractivity (Wildman–Crippen MR) is 82.4 cm³/mol. The van der Waals surface area contributed by atoms with Gasteiger partial charge in [0, 0.05) is 17.8 Å². The maximum Gasteiger partial charge on any atom is 0.274 e. The summed E-state index contributed by atoms with van der Waals surface area (Å²) in [6.07, 6.45) is 4.62. The number of rotatable bonds is 5. The Morgan fingerprint density at radius 1 is 1.29 bits per heavy atom. The van der Waals surface area contributed by atoms with Crippen LogP contribution in [-0.2, 0) is 6.42 Å². The Hall–Kier alpha value is -2.43. The highest BCUT2D eigenvalue weighted by molar-refractivity contribution is 6.03. The Morgan fingerprint density at radius 2 is 2.10 bits per heavy atom. The van der Waals surface area contributed by atoms with Crippen molar-refractivity contribution >= 4 is 17.4 Å². The summed E-state index contributed by atoms with van der Waals surface area (Å²) in [5.41, 5.74) is 2.32. The van der Waals surface area contributed by atoms with Crippen molar-refractivity contribution in [3.8, 4) is 0 Å². The minimum absolute atomic E-state index is 0.211. The van der Waals surface area contributed by atoms with Crippen molar-refractivity contribution in [3.63, 3.8) is 0 Å². The summed E-state index contributed by atoms with van der Waals surface area (Å²) in [7, 11) is 0. The van der Waals surface area contributed by atoms with E-state index in [0.717, 1.165) is 30.5 Å². The Balaban J connectivity index is 1.75. The van der Waals surface area contributed by atoms with Crippen molar-refractivity contribution in [3.05, 3.63) is 47.9 Å². The Kier molecular flexibility index (Phi) is 3.81. The van der Waals surface area contributed by atoms with E-state index in [1.807, 2.05) is 24.3 Å². The molecule has 1 aromatic heterocycles. The van der Waals surface area contributed by atoms with E-state index < -0.39 is 0 Å². The lowest BCUT2D eigenvalue weighted by Crippen LogP contribution is -2.16. The van der Waals surface area contributed by atoms with E-state index in [4.69, 9.17) is 0 Å². The first-order valence-electron chi connectivity index (χ1n) is 7.24. The molecule has 21 heavy (non-hydrogen) atoms. The first kappa shape index (κ1) is 13.5. The molecule has 1 saturated carbocycles. The van der Waals surface area contributed by atoms with Gasteiger partial charge in [-0.05, 0) is 30.9 Å². The molecule has 1 aliphatic carbocycles. The molecule has 0 saturated heterocycles. The second-order valence-electron chi connectivity index (χ2n) is 5.17. The van der Waals surface area contributed by atoms with E-state index in [1.54, 1.807) is 6.07 Å². The topological polar surface area (TPSA) is 66.9 Å². The second kappa shape index (κ2) is 5.91. The van der Waals surface area contributed by atoms with Gasteiger partial charge in [-0.25, -0.2) is 9.97 Å². The molecule has 3 rings (SSSR count). The van der Waals surface area contributed by atoms with E-state index in [2.05, 4.69) is 27.5 Å². The number of nitrogens with zero attached hydrogens (tertiary/aromatic N) is 2. The molecular formula is C16H18N4O. The zero-order valence-corrected chi connectivity index (χ0v) is 12.0. The van der Waals surface area contributed by atoms with Gasteiger partial charge >= 0.3 is 0 Å². The van der Waals surface area contributed by atoms with Crippen LogP contribution in [0.15, 0.2) is 36.7 Å². The smallest absolute Gasteiger partial charge is 0.274 e. The van der Waals surface area contributed by atoms with Crippen molar-refractivity contribution in [2.24, 2.45) is 0 Å². The molecule has 1 fully saturated rings. The van der Waals surface area contributed by atoms with E-state index in [-0.39, 0.29) is 5.91 Å². The number of nitrogens with one attached hydrogen (secondary N) is 2. The summed E-state index contributed by atoms with van der Waals surface area (Å²) in [5.74, 6) is 0.499. The average molecular weight is 282 g/mol. The zero-order chi connectivity index (χ0) is 14.7. The molecule has 1 heterocycles. The molecule has 5 heteroatoms. The number of anilines is 2. The maximum atomic E-state index is 12.3. The maximum absolute atomic E-state index is 12.3. The van der Waals surface area contributed by atoms with Gasteiger partial charge in [0.25, 0.3) is 5.91 Å². The van der Waals surface area contributed by atoms with Crippen molar-refractivity contribution in [2.45, 2.75) is 32.2 Å². The van der Waals surface area contributed by atoms with E-state index in [1.165, 1.54) is 6.33 Å². The van der Waals surface area contributed by atoms with Crippen molar-refractivity contribution in [2.75, 3.05) is 10.6 Å². The van der Waals surface area contributed by atoms with Crippen LogP contribution in [0.1, 0.15) is 35.8 Å². The monoisotopic (exact) mass is 282 g/mol. The number of benzene rings is 1. The average Bonchev–Trinajstić information content (AvgIpc) is 3.32. The van der Waals surface area contributed by atoms with Crippen LogP contribution < -0.4 is 10.6 Å². The summed E-state index contributed by atoms with van der Waals surface area (Å²) in [5, 5.41) is 6.18. The van der Waals surface area contributed by atoms with Crippen LogP contribution in [0, 0.1) is 0 Å². The molecular weight excluding hydrogens is 264 g/mol. The fraction of sp³-hybridized carbons (Fsp3) is 0.312. The molecule has 0 aliphatic heterocycles. The van der Waals surface area contributed by atoms with Gasteiger partial charge in [0.2, 0.25) is 0 Å². The third-order valence-corrected chi connectivity index (χ3v) is 3.48. The summed E-state index contributed by atoms with van der Waals surface area (Å²) in [6, 6.07) is 9.99. The lowest BCUT2D eigenvalue weighted by Gasteiger charge is -2.10. The lowest BCUT2D eigenvalue weighted by molar-refractivity contribution is 0.102. The van der Waals surface area contributed by atoms with Gasteiger partial charge in [-0.1, -0.05) is 25.1 Å². The number of carbonyl (C=O) groups excluding carboxylic acids is 1. The Labute approximate surface area is 123 Å². The third kappa shape index (κ3) is 3.37. The Morgan fingerprint density at radius 3 is 2.86 bits per heavy atom. The van der Waals surface area contributed by atoms with Gasteiger partial charge in [-0.15, -0.1) is 0 Å². The highest BCUT2D eigenvalue weighted by Crippen LogP contribution is 2.23. The van der Waals surface area contributed by atoms with E-state index >= 15 is 0 Å². The molecule has 0 radical (unpaired) electrons. The number of hydrogen-bond donors (Lipinski definition) is 2. The molecule has 1 aliphatic rings. The minimum Gasteiger partial charge on any atom is -0.367 e. The number of para-hydroxylation sites is 1. The standard InChI is InChI=1S/C16H18N4O/c1-2-11-5-3-4-6-13(11)20-16(21)14-9-15(18-10-17-14)19-12-7-8-12/h3-6,9-10,12H,2,7-8H2,1H3,(H,20,21)(H,17,18,19). The molecule has 2 N–H and O–H groups in total. The van der Waals surface area contributed by atoms with E-state index in [9.17, 15) is 4.79 Å². The van der Waals surface area contributed by atoms with E-state index in [0.29, 0.717) is 17.6 Å². The number of aryl methyl sites for hydroxylation is 1. The molecule has 0 spiro atoms. The van der Waals surface area contributed by atoms with Gasteiger partial charge in [0.05, 0.1) is 0 Å². The van der Waals surface area contributed by atoms with Crippen LogP contribution in [-0.4, -0.2) is 21.9 Å². The van der Waals surface area contributed by atoms with Gasteiger partial charge < -0.3 is 10.6 Å². The first-order chi connectivity index (χ1) is 10.3. The largest absolute Gasteiger partial charge is 0.367 e. The fourth-order valence-corrected chi connectivity index (χ4v) is 2.13. The van der Waals surface area contributed by atoms with Crippen molar-refractivity contribution < 1.29 is 4.79 Å². The molecule has 2 aromatic rings.